The Balaban J connectivity index is 1.91. The molecule has 16 heavy (non-hydrogen) atoms. The number of rotatable bonds is 4. The van der Waals surface area contributed by atoms with Crippen molar-refractivity contribution in [2.75, 3.05) is 0 Å². The fourth-order valence-corrected chi connectivity index (χ4v) is 1.74. The maximum atomic E-state index is 5.45. The number of aromatic nitrogens is 1. The predicted octanol–water partition coefficient (Wildman–Crippen LogP) is 3.19. The van der Waals surface area contributed by atoms with Gasteiger partial charge in [0.05, 0.1) is 11.7 Å². The lowest BCUT2D eigenvalue weighted by Gasteiger charge is -2.09. The fraction of sp³-hybridized carbons (Fsp3) is 0.364. The fourth-order valence-electron chi connectivity index (χ4n) is 1.42. The number of hydrogen-bond acceptors (Lipinski definition) is 4. The Morgan fingerprint density at radius 3 is 2.88 bits per heavy atom. The normalized spacial score (nSPS) is 12.9. The third kappa shape index (κ3) is 2.74. The van der Waals surface area contributed by atoms with Crippen LogP contribution >= 0.6 is 15.9 Å². The molecule has 0 spiro atoms. The lowest BCUT2D eigenvalue weighted by Crippen LogP contribution is -2.17. The second kappa shape index (κ2) is 4.84. The van der Waals surface area contributed by atoms with Gasteiger partial charge in [0.25, 0.3) is 0 Å². The number of furan rings is 1. The van der Waals surface area contributed by atoms with Gasteiger partial charge in [0.1, 0.15) is 11.5 Å². The van der Waals surface area contributed by atoms with E-state index >= 15 is 0 Å². The maximum Gasteiger partial charge on any atom is 0.169 e. The molecule has 1 atom stereocenters. The summed E-state index contributed by atoms with van der Waals surface area (Å²) >= 11 is 3.28. The quantitative estimate of drug-likeness (QED) is 0.937. The molecule has 2 heterocycles. The van der Waals surface area contributed by atoms with E-state index in [0.29, 0.717) is 6.54 Å². The first-order chi connectivity index (χ1) is 7.65. The Morgan fingerprint density at radius 1 is 1.50 bits per heavy atom. The molecule has 0 amide bonds. The predicted molar refractivity (Wildman–Crippen MR) is 62.9 cm³/mol. The average Bonchev–Trinajstić information content (AvgIpc) is 2.84. The van der Waals surface area contributed by atoms with Crippen LogP contribution in [0.3, 0.4) is 0 Å². The zero-order valence-electron chi connectivity index (χ0n) is 9.16. The minimum Gasteiger partial charge on any atom is -0.453 e. The SMILES string of the molecule is Cc1cc(CNC(C)c2ccc(Br)o2)no1. The molecule has 4 nitrogen and oxygen atoms in total. The molecule has 0 aliphatic heterocycles. The Bertz CT molecular complexity index is 464. The summed E-state index contributed by atoms with van der Waals surface area (Å²) in [6.45, 7) is 4.58. The summed E-state index contributed by atoms with van der Waals surface area (Å²) in [5, 5.41) is 7.21. The van der Waals surface area contributed by atoms with Gasteiger partial charge in [0.15, 0.2) is 4.67 Å². The number of hydrogen-bond donors (Lipinski definition) is 1. The Kier molecular flexibility index (Phi) is 3.46. The average molecular weight is 285 g/mol. The lowest BCUT2D eigenvalue weighted by molar-refractivity contribution is 0.380. The van der Waals surface area contributed by atoms with Gasteiger partial charge in [-0.15, -0.1) is 0 Å². The third-order valence-corrected chi connectivity index (χ3v) is 2.71. The molecule has 0 radical (unpaired) electrons. The van der Waals surface area contributed by atoms with Crippen molar-refractivity contribution in [3.63, 3.8) is 0 Å². The van der Waals surface area contributed by atoms with E-state index in [4.69, 9.17) is 8.94 Å². The Morgan fingerprint density at radius 2 is 2.31 bits per heavy atom. The summed E-state index contributed by atoms with van der Waals surface area (Å²) in [5.41, 5.74) is 0.898. The first-order valence-electron chi connectivity index (χ1n) is 5.06. The molecule has 0 aliphatic carbocycles. The van der Waals surface area contributed by atoms with Crippen molar-refractivity contribution in [1.29, 1.82) is 0 Å². The van der Waals surface area contributed by atoms with Gasteiger partial charge in [0.2, 0.25) is 0 Å². The summed E-state index contributed by atoms with van der Waals surface area (Å²) < 4.78 is 11.2. The Labute approximate surface area is 102 Å². The van der Waals surface area contributed by atoms with Gasteiger partial charge in [-0.25, -0.2) is 0 Å². The summed E-state index contributed by atoms with van der Waals surface area (Å²) in [6.07, 6.45) is 0. The van der Waals surface area contributed by atoms with Crippen molar-refractivity contribution < 1.29 is 8.94 Å². The largest absolute Gasteiger partial charge is 0.453 e. The molecule has 0 bridgehead atoms. The van der Waals surface area contributed by atoms with Crippen molar-refractivity contribution in [2.45, 2.75) is 26.4 Å². The molecule has 0 fully saturated rings. The second-order valence-electron chi connectivity index (χ2n) is 3.67. The number of nitrogens with one attached hydrogen (secondary N) is 1. The third-order valence-electron chi connectivity index (χ3n) is 2.29. The minimum absolute atomic E-state index is 0.142. The standard InChI is InChI=1S/C11H13BrN2O2/c1-7-5-9(14-16-7)6-13-8(2)10-3-4-11(12)15-10/h3-5,8,13H,6H2,1-2H3. The molecular formula is C11H13BrN2O2. The summed E-state index contributed by atoms with van der Waals surface area (Å²) in [6, 6.07) is 5.88. The minimum atomic E-state index is 0.142. The number of nitrogens with zero attached hydrogens (tertiary/aromatic N) is 1. The van der Waals surface area contributed by atoms with Crippen LogP contribution in [-0.4, -0.2) is 5.16 Å². The van der Waals surface area contributed by atoms with E-state index in [2.05, 4.69) is 26.4 Å². The maximum absolute atomic E-state index is 5.45. The molecule has 0 saturated heterocycles. The van der Waals surface area contributed by atoms with Crippen molar-refractivity contribution in [3.8, 4) is 0 Å². The number of halogens is 1. The van der Waals surface area contributed by atoms with Crippen LogP contribution in [0.15, 0.2) is 31.8 Å². The van der Waals surface area contributed by atoms with E-state index in [-0.39, 0.29) is 6.04 Å². The molecule has 0 aliphatic rings. The van der Waals surface area contributed by atoms with Gasteiger partial charge in [-0.3, -0.25) is 0 Å². The van der Waals surface area contributed by atoms with E-state index < -0.39 is 0 Å². The van der Waals surface area contributed by atoms with Gasteiger partial charge in [-0.1, -0.05) is 5.16 Å². The van der Waals surface area contributed by atoms with Crippen molar-refractivity contribution >= 4 is 15.9 Å². The van der Waals surface area contributed by atoms with Crippen LogP contribution in [0, 0.1) is 6.92 Å². The summed E-state index contributed by atoms with van der Waals surface area (Å²) in [7, 11) is 0. The van der Waals surface area contributed by atoms with Crippen molar-refractivity contribution in [2.24, 2.45) is 0 Å². The second-order valence-corrected chi connectivity index (χ2v) is 4.45. The van der Waals surface area contributed by atoms with Crippen LogP contribution in [0.2, 0.25) is 0 Å². The van der Waals surface area contributed by atoms with Gasteiger partial charge >= 0.3 is 0 Å². The molecule has 2 aromatic heterocycles. The van der Waals surface area contributed by atoms with Gasteiger partial charge in [-0.05, 0) is 41.9 Å². The lowest BCUT2D eigenvalue weighted by atomic mass is 10.2. The molecule has 2 aromatic rings. The highest BCUT2D eigenvalue weighted by molar-refractivity contribution is 9.10. The van der Waals surface area contributed by atoms with Crippen LogP contribution in [0.4, 0.5) is 0 Å². The molecule has 86 valence electrons. The van der Waals surface area contributed by atoms with E-state index in [1.54, 1.807) is 0 Å². The first-order valence-corrected chi connectivity index (χ1v) is 5.85. The van der Waals surface area contributed by atoms with Crippen LogP contribution in [-0.2, 0) is 6.54 Å². The molecular weight excluding hydrogens is 272 g/mol. The molecule has 1 N–H and O–H groups in total. The monoisotopic (exact) mass is 284 g/mol. The molecule has 5 heteroatoms. The van der Waals surface area contributed by atoms with E-state index in [9.17, 15) is 0 Å². The van der Waals surface area contributed by atoms with Crippen molar-refractivity contribution in [1.82, 2.24) is 10.5 Å². The first kappa shape index (κ1) is 11.4. The highest BCUT2D eigenvalue weighted by Crippen LogP contribution is 2.20. The van der Waals surface area contributed by atoms with E-state index in [0.717, 1.165) is 21.9 Å². The van der Waals surface area contributed by atoms with E-state index in [1.807, 2.05) is 32.0 Å². The number of aryl methyl sites for hydroxylation is 1. The topological polar surface area (TPSA) is 51.2 Å². The molecule has 0 aromatic carbocycles. The van der Waals surface area contributed by atoms with Crippen LogP contribution in [0.25, 0.3) is 0 Å². The van der Waals surface area contributed by atoms with Crippen LogP contribution < -0.4 is 5.32 Å². The molecule has 0 saturated carbocycles. The van der Waals surface area contributed by atoms with Crippen LogP contribution in [0.1, 0.15) is 30.2 Å². The summed E-state index contributed by atoms with van der Waals surface area (Å²) in [5.74, 6) is 1.72. The smallest absolute Gasteiger partial charge is 0.169 e. The highest BCUT2D eigenvalue weighted by Gasteiger charge is 2.10. The van der Waals surface area contributed by atoms with Gasteiger partial charge < -0.3 is 14.3 Å². The molecule has 1 unspecified atom stereocenters. The zero-order valence-corrected chi connectivity index (χ0v) is 10.7. The van der Waals surface area contributed by atoms with Gasteiger partial charge in [0, 0.05) is 12.6 Å². The summed E-state index contributed by atoms with van der Waals surface area (Å²) in [4.78, 5) is 0. The highest BCUT2D eigenvalue weighted by atomic mass is 79.9. The van der Waals surface area contributed by atoms with E-state index in [1.165, 1.54) is 0 Å². The Hall–Kier alpha value is -1.07. The zero-order chi connectivity index (χ0) is 11.5. The molecule has 2 rings (SSSR count). The van der Waals surface area contributed by atoms with Crippen LogP contribution in [0.5, 0.6) is 0 Å². The van der Waals surface area contributed by atoms with Gasteiger partial charge in [-0.2, -0.15) is 0 Å². The van der Waals surface area contributed by atoms with Crippen molar-refractivity contribution in [3.05, 3.63) is 40.1 Å².